The molecule has 0 aliphatic rings. The lowest BCUT2D eigenvalue weighted by molar-refractivity contribution is -0.496. The number of benzene rings is 2. The van der Waals surface area contributed by atoms with Gasteiger partial charge in [0.05, 0.1) is 5.71 Å². The third-order valence-electron chi connectivity index (χ3n) is 3.62. The Kier molecular flexibility index (Phi) is 6.16. The van der Waals surface area contributed by atoms with Gasteiger partial charge in [0.25, 0.3) is 0 Å². The van der Waals surface area contributed by atoms with Gasteiger partial charge in [-0.25, -0.2) is 0 Å². The van der Waals surface area contributed by atoms with Crippen molar-refractivity contribution in [2.45, 2.75) is 13.5 Å². The third-order valence-corrected chi connectivity index (χ3v) is 3.62. The summed E-state index contributed by atoms with van der Waals surface area (Å²) in [6.07, 6.45) is 4.21. The van der Waals surface area contributed by atoms with Crippen LogP contribution in [-0.4, -0.2) is 16.4 Å². The largest absolute Gasteiger partial charge is 0.398 e. The zero-order valence-corrected chi connectivity index (χ0v) is 14.5. The number of hydrogen-bond acceptors (Lipinski definition) is 4. The van der Waals surface area contributed by atoms with E-state index in [4.69, 9.17) is 11.1 Å². The van der Waals surface area contributed by atoms with E-state index >= 15 is 0 Å². The topological polar surface area (TPSA) is 99.0 Å². The second-order valence-electron chi connectivity index (χ2n) is 5.63. The monoisotopic (exact) mass is 349 g/mol. The molecule has 0 saturated heterocycles. The normalized spacial score (nSPS) is 10.5. The van der Waals surface area contributed by atoms with Crippen LogP contribution >= 0.6 is 0 Å². The van der Waals surface area contributed by atoms with Crippen molar-refractivity contribution in [3.63, 3.8) is 0 Å². The van der Waals surface area contributed by atoms with Gasteiger partial charge < -0.3 is 11.1 Å². The van der Waals surface area contributed by atoms with Crippen molar-refractivity contribution in [2.75, 3.05) is 11.1 Å². The second-order valence-corrected chi connectivity index (χ2v) is 5.63. The first-order valence-electron chi connectivity index (χ1n) is 8.02. The number of amides is 1. The van der Waals surface area contributed by atoms with E-state index in [1.165, 1.54) is 6.20 Å². The maximum Gasteiger partial charge on any atom is 0.247 e. The average molecular weight is 349 g/mol. The molecule has 4 N–H and O–H groups in total. The number of carbonyl (C=O) groups excluding carboxylic acids is 1. The summed E-state index contributed by atoms with van der Waals surface area (Å²) in [6, 6.07) is 12.2. The number of hydrogen-bond donors (Lipinski definition) is 3. The summed E-state index contributed by atoms with van der Waals surface area (Å²) in [5.41, 5.74) is 8.94. The Balaban J connectivity index is 2.46. The highest BCUT2D eigenvalue weighted by molar-refractivity contribution is 6.14. The molecule has 0 aliphatic heterocycles. The Morgan fingerprint density at radius 1 is 1.31 bits per heavy atom. The minimum absolute atomic E-state index is 0.0900. The fourth-order valence-electron chi connectivity index (χ4n) is 2.47. The van der Waals surface area contributed by atoms with Gasteiger partial charge >= 0.3 is 0 Å². The SMILES string of the molecule is C=CC(=O)Nc1cc(C[N+](=O)/C=C/C)cc(C(=N)c2ccccc2N)c1. The molecule has 6 nitrogen and oxygen atoms in total. The van der Waals surface area contributed by atoms with Crippen LogP contribution in [0, 0.1) is 10.3 Å². The molecular weight excluding hydrogens is 328 g/mol. The van der Waals surface area contributed by atoms with Crippen LogP contribution in [0.15, 0.2) is 67.4 Å². The molecule has 132 valence electrons. The van der Waals surface area contributed by atoms with Gasteiger partial charge in [0, 0.05) is 37.7 Å². The van der Waals surface area contributed by atoms with Crippen LogP contribution in [0.4, 0.5) is 11.4 Å². The molecule has 26 heavy (non-hydrogen) atoms. The van der Waals surface area contributed by atoms with Crippen LogP contribution in [0.25, 0.3) is 0 Å². The smallest absolute Gasteiger partial charge is 0.247 e. The van der Waals surface area contributed by atoms with Crippen molar-refractivity contribution in [1.29, 1.82) is 5.41 Å². The molecule has 0 radical (unpaired) electrons. The molecule has 0 saturated carbocycles. The Labute approximate surface area is 152 Å². The van der Waals surface area contributed by atoms with Crippen LogP contribution in [0.2, 0.25) is 0 Å². The number of anilines is 2. The highest BCUT2D eigenvalue weighted by Gasteiger charge is 2.14. The molecule has 0 fully saturated rings. The first-order chi connectivity index (χ1) is 12.4. The van der Waals surface area contributed by atoms with Crippen molar-refractivity contribution in [1.82, 2.24) is 0 Å². The molecule has 2 rings (SSSR count). The number of nitrogen functional groups attached to an aromatic ring is 1. The molecule has 6 heteroatoms. The fraction of sp³-hybridized carbons (Fsp3) is 0.100. The number of nitrogens with zero attached hydrogens (tertiary/aromatic N) is 1. The Bertz CT molecular complexity index is 900. The summed E-state index contributed by atoms with van der Waals surface area (Å²) < 4.78 is 0.777. The van der Waals surface area contributed by atoms with E-state index in [9.17, 15) is 9.70 Å². The molecular formula is C20H21N4O2+. The number of carbonyl (C=O) groups is 1. The summed E-state index contributed by atoms with van der Waals surface area (Å²) in [7, 11) is 0. The summed E-state index contributed by atoms with van der Waals surface area (Å²) in [4.78, 5) is 23.5. The van der Waals surface area contributed by atoms with Crippen LogP contribution < -0.4 is 11.1 Å². The summed E-state index contributed by atoms with van der Waals surface area (Å²) in [6.45, 7) is 5.28. The lowest BCUT2D eigenvalue weighted by atomic mass is 9.98. The predicted octanol–water partition coefficient (Wildman–Crippen LogP) is 3.62. The van der Waals surface area contributed by atoms with E-state index in [1.54, 1.807) is 55.5 Å². The van der Waals surface area contributed by atoms with Gasteiger partial charge in [-0.15, -0.1) is 0 Å². The first kappa shape index (κ1) is 18.8. The van der Waals surface area contributed by atoms with Crippen molar-refractivity contribution in [3.05, 3.63) is 89.0 Å². The Hall–Kier alpha value is -3.54. The third kappa shape index (κ3) is 4.73. The predicted molar refractivity (Wildman–Crippen MR) is 104 cm³/mol. The highest BCUT2D eigenvalue weighted by Crippen LogP contribution is 2.21. The van der Waals surface area contributed by atoms with E-state index in [-0.39, 0.29) is 18.2 Å². The average Bonchev–Trinajstić information content (AvgIpc) is 2.61. The zero-order valence-electron chi connectivity index (χ0n) is 14.5. The maximum absolute atomic E-state index is 11.9. The van der Waals surface area contributed by atoms with Crippen molar-refractivity contribution in [2.24, 2.45) is 0 Å². The van der Waals surface area contributed by atoms with Crippen LogP contribution in [-0.2, 0) is 11.3 Å². The molecule has 0 aliphatic carbocycles. The summed E-state index contributed by atoms with van der Waals surface area (Å²) in [5.74, 6) is -0.369. The summed E-state index contributed by atoms with van der Waals surface area (Å²) >= 11 is 0. The van der Waals surface area contributed by atoms with Gasteiger partial charge in [-0.2, -0.15) is 0 Å². The first-order valence-corrected chi connectivity index (χ1v) is 8.02. The number of nitrogens with two attached hydrogens (primary N) is 1. The van der Waals surface area contributed by atoms with E-state index in [0.29, 0.717) is 28.1 Å². The number of nitroso groups, excluding NO2 is 1. The van der Waals surface area contributed by atoms with Crippen molar-refractivity contribution in [3.8, 4) is 0 Å². The molecule has 0 unspecified atom stereocenters. The Morgan fingerprint density at radius 3 is 2.69 bits per heavy atom. The number of rotatable bonds is 7. The number of para-hydroxylation sites is 1. The quantitative estimate of drug-likeness (QED) is 0.308. The van der Waals surface area contributed by atoms with E-state index in [1.807, 2.05) is 0 Å². The van der Waals surface area contributed by atoms with Crippen molar-refractivity contribution >= 4 is 23.0 Å². The lowest BCUT2D eigenvalue weighted by Crippen LogP contribution is -2.11. The molecule has 0 aromatic heterocycles. The Morgan fingerprint density at radius 2 is 2.04 bits per heavy atom. The molecule has 2 aromatic carbocycles. The molecule has 2 aromatic rings. The number of nitrogens with one attached hydrogen (secondary N) is 2. The standard InChI is InChI=1S/C20H20N4O2/c1-3-9-24(26)13-14-10-15(12-16(11-14)23-19(25)4-2)20(22)17-7-5-6-8-18(17)21/h3-12H,2,13H2,1H3,(H3-,21,22,23,25)/p+1/b9-3+. The molecule has 0 spiro atoms. The van der Waals surface area contributed by atoms with E-state index in [0.717, 1.165) is 10.8 Å². The minimum Gasteiger partial charge on any atom is -0.398 e. The zero-order chi connectivity index (χ0) is 19.1. The van der Waals surface area contributed by atoms with Crippen molar-refractivity contribution < 1.29 is 9.55 Å². The second kappa shape index (κ2) is 8.53. The highest BCUT2D eigenvalue weighted by atomic mass is 16.3. The van der Waals surface area contributed by atoms with Gasteiger partial charge in [-0.1, -0.05) is 24.8 Å². The molecule has 0 atom stereocenters. The van der Waals surface area contributed by atoms with Crippen LogP contribution in [0.3, 0.4) is 0 Å². The lowest BCUT2D eigenvalue weighted by Gasteiger charge is -2.11. The number of allylic oxidation sites excluding steroid dienone is 1. The van der Waals surface area contributed by atoms with Gasteiger partial charge in [0.1, 0.15) is 0 Å². The molecule has 0 heterocycles. The molecule has 0 bridgehead atoms. The van der Waals surface area contributed by atoms with Crippen LogP contribution in [0.1, 0.15) is 23.6 Å². The van der Waals surface area contributed by atoms with Gasteiger partial charge in [-0.05, 0) is 43.3 Å². The fourth-order valence-corrected chi connectivity index (χ4v) is 2.47. The minimum atomic E-state index is -0.369. The van der Waals surface area contributed by atoms with Gasteiger partial charge in [0.15, 0.2) is 0 Å². The van der Waals surface area contributed by atoms with Gasteiger partial charge in [0.2, 0.25) is 18.7 Å². The van der Waals surface area contributed by atoms with E-state index in [2.05, 4.69) is 11.9 Å². The van der Waals surface area contributed by atoms with E-state index < -0.39 is 0 Å². The summed E-state index contributed by atoms with van der Waals surface area (Å²) in [5, 5.41) is 11.2. The molecule has 1 amide bonds. The maximum atomic E-state index is 11.9. The van der Waals surface area contributed by atoms with Crippen LogP contribution in [0.5, 0.6) is 0 Å². The van der Waals surface area contributed by atoms with Gasteiger partial charge in [-0.3, -0.25) is 10.2 Å².